The fraction of sp³-hybridized carbons (Fsp3) is 0.214. The van der Waals surface area contributed by atoms with Gasteiger partial charge < -0.3 is 19.5 Å². The van der Waals surface area contributed by atoms with Crippen LogP contribution < -0.4 is 4.74 Å². The van der Waals surface area contributed by atoms with Crippen LogP contribution in [0.1, 0.15) is 29.2 Å². The molecular weight excluding hydrogens is 476 g/mol. The number of amides is 1. The smallest absolute Gasteiger partial charge is 0.295 e. The molecule has 0 spiro atoms. The standard InChI is InChI=1S/C28H26N2O7/c1-36-16-6-15-29-25(21-9-5-10-23(17-21)37-18-19-7-3-2-4-8-19)24(27(32)28(29)33)26(31)20-11-13-22(14-12-20)30(34)35/h2-5,7-14,17,25,31H,6,15-16,18H2,1H3/b26-24+. The highest BCUT2D eigenvalue weighted by atomic mass is 16.6. The van der Waals surface area contributed by atoms with Gasteiger partial charge in [-0.15, -0.1) is 0 Å². The maximum atomic E-state index is 13.1. The van der Waals surface area contributed by atoms with E-state index in [9.17, 15) is 24.8 Å². The number of aliphatic hydroxyl groups is 1. The van der Waals surface area contributed by atoms with E-state index in [0.717, 1.165) is 5.56 Å². The van der Waals surface area contributed by atoms with Crippen molar-refractivity contribution >= 4 is 23.1 Å². The van der Waals surface area contributed by atoms with Gasteiger partial charge in [0.1, 0.15) is 18.1 Å². The summed E-state index contributed by atoms with van der Waals surface area (Å²) in [5.74, 6) is -1.42. The minimum absolute atomic E-state index is 0.0866. The summed E-state index contributed by atoms with van der Waals surface area (Å²) in [6.07, 6.45) is 0.488. The van der Waals surface area contributed by atoms with Crippen molar-refractivity contribution in [2.45, 2.75) is 19.1 Å². The predicted molar refractivity (Wildman–Crippen MR) is 136 cm³/mol. The Morgan fingerprint density at radius 1 is 1.03 bits per heavy atom. The molecule has 37 heavy (non-hydrogen) atoms. The van der Waals surface area contributed by atoms with Crippen molar-refractivity contribution in [3.63, 3.8) is 0 Å². The first-order chi connectivity index (χ1) is 17.9. The molecule has 1 aliphatic heterocycles. The van der Waals surface area contributed by atoms with Crippen LogP contribution in [0.5, 0.6) is 5.75 Å². The number of carbonyl (C=O) groups excluding carboxylic acids is 2. The average Bonchev–Trinajstić information content (AvgIpc) is 3.17. The zero-order valence-corrected chi connectivity index (χ0v) is 20.2. The van der Waals surface area contributed by atoms with Crippen LogP contribution in [0.25, 0.3) is 5.76 Å². The Hall–Kier alpha value is -4.50. The van der Waals surface area contributed by atoms with Crippen molar-refractivity contribution < 1.29 is 29.1 Å². The van der Waals surface area contributed by atoms with Crippen molar-refractivity contribution in [1.82, 2.24) is 4.90 Å². The number of likely N-dealkylation sites (tertiary alicyclic amines) is 1. The first-order valence-corrected chi connectivity index (χ1v) is 11.7. The van der Waals surface area contributed by atoms with Gasteiger partial charge in [-0.05, 0) is 41.8 Å². The van der Waals surface area contributed by atoms with Crippen molar-refractivity contribution in [2.24, 2.45) is 0 Å². The van der Waals surface area contributed by atoms with Crippen molar-refractivity contribution in [1.29, 1.82) is 0 Å². The molecule has 1 aliphatic rings. The zero-order chi connectivity index (χ0) is 26.4. The number of hydrogen-bond acceptors (Lipinski definition) is 7. The summed E-state index contributed by atoms with van der Waals surface area (Å²) in [5, 5.41) is 22.2. The van der Waals surface area contributed by atoms with Gasteiger partial charge in [0.05, 0.1) is 16.5 Å². The highest BCUT2D eigenvalue weighted by Gasteiger charge is 2.45. The molecule has 0 bridgehead atoms. The van der Waals surface area contributed by atoms with Crippen LogP contribution in [-0.4, -0.2) is 46.9 Å². The van der Waals surface area contributed by atoms with Crippen LogP contribution in [0, 0.1) is 10.1 Å². The summed E-state index contributed by atoms with van der Waals surface area (Å²) in [4.78, 5) is 38.0. The number of ether oxygens (including phenoxy) is 2. The van der Waals surface area contributed by atoms with Crippen LogP contribution in [0.4, 0.5) is 5.69 Å². The second-order valence-corrected chi connectivity index (χ2v) is 8.49. The van der Waals surface area contributed by atoms with E-state index in [1.165, 1.54) is 29.2 Å². The topological polar surface area (TPSA) is 119 Å². The van der Waals surface area contributed by atoms with E-state index in [0.29, 0.717) is 30.9 Å². The van der Waals surface area contributed by atoms with Crippen LogP contribution in [-0.2, 0) is 20.9 Å². The predicted octanol–water partition coefficient (Wildman–Crippen LogP) is 4.63. The molecule has 1 atom stereocenters. The van der Waals surface area contributed by atoms with E-state index in [4.69, 9.17) is 9.47 Å². The number of nitro groups is 1. The molecule has 1 N–H and O–H groups in total. The highest BCUT2D eigenvalue weighted by molar-refractivity contribution is 6.46. The minimum atomic E-state index is -0.868. The number of carbonyl (C=O) groups is 2. The third kappa shape index (κ3) is 5.68. The van der Waals surface area contributed by atoms with Crippen LogP contribution in [0.2, 0.25) is 0 Å². The van der Waals surface area contributed by atoms with Gasteiger partial charge in [0.15, 0.2) is 0 Å². The Balaban J connectivity index is 1.72. The third-order valence-corrected chi connectivity index (χ3v) is 6.06. The van der Waals surface area contributed by atoms with Crippen LogP contribution >= 0.6 is 0 Å². The number of aliphatic hydroxyl groups excluding tert-OH is 1. The molecule has 0 saturated carbocycles. The maximum Gasteiger partial charge on any atom is 0.295 e. The number of methoxy groups -OCH3 is 1. The first kappa shape index (κ1) is 25.6. The molecule has 1 amide bonds. The van der Waals surface area contributed by atoms with Gasteiger partial charge in [-0.2, -0.15) is 0 Å². The van der Waals surface area contributed by atoms with Crippen molar-refractivity contribution in [2.75, 3.05) is 20.3 Å². The molecule has 0 aliphatic carbocycles. The Kier molecular flexibility index (Phi) is 7.95. The molecule has 3 aromatic rings. The van der Waals surface area contributed by atoms with E-state index in [-0.39, 0.29) is 23.4 Å². The summed E-state index contributed by atoms with van der Waals surface area (Å²) in [5.41, 5.74) is 1.53. The van der Waals surface area contributed by atoms with Crippen LogP contribution in [0.3, 0.4) is 0 Å². The normalized spacial score (nSPS) is 16.7. The monoisotopic (exact) mass is 502 g/mol. The quantitative estimate of drug-likeness (QED) is 0.107. The van der Waals surface area contributed by atoms with E-state index < -0.39 is 28.4 Å². The summed E-state index contributed by atoms with van der Waals surface area (Å²) in [6, 6.07) is 21.0. The number of non-ortho nitro benzene ring substituents is 1. The molecule has 0 radical (unpaired) electrons. The zero-order valence-electron chi connectivity index (χ0n) is 20.2. The lowest BCUT2D eigenvalue weighted by atomic mass is 9.95. The van der Waals surface area contributed by atoms with E-state index >= 15 is 0 Å². The number of ketones is 1. The third-order valence-electron chi connectivity index (χ3n) is 6.06. The summed E-state index contributed by atoms with van der Waals surface area (Å²) in [6.45, 7) is 0.953. The van der Waals surface area contributed by atoms with Crippen molar-refractivity contribution in [3.8, 4) is 5.75 Å². The van der Waals surface area contributed by atoms with E-state index in [2.05, 4.69) is 0 Å². The molecule has 4 rings (SSSR count). The molecule has 0 aromatic heterocycles. The van der Waals surface area contributed by atoms with Gasteiger partial charge in [-0.3, -0.25) is 19.7 Å². The molecule has 3 aromatic carbocycles. The molecule has 1 saturated heterocycles. The summed E-state index contributed by atoms with van der Waals surface area (Å²) in [7, 11) is 1.55. The highest BCUT2D eigenvalue weighted by Crippen LogP contribution is 2.40. The SMILES string of the molecule is COCCCN1C(=O)C(=O)/C(=C(/O)c2ccc([N+](=O)[O-])cc2)C1c1cccc(OCc2ccccc2)c1. The Bertz CT molecular complexity index is 1320. The van der Waals surface area contributed by atoms with Gasteiger partial charge in [0, 0.05) is 38.0 Å². The van der Waals surface area contributed by atoms with Crippen LogP contribution in [0.15, 0.2) is 84.4 Å². The molecule has 1 fully saturated rings. The van der Waals surface area contributed by atoms with Gasteiger partial charge in [-0.1, -0.05) is 42.5 Å². The summed E-state index contributed by atoms with van der Waals surface area (Å²) >= 11 is 0. The van der Waals surface area contributed by atoms with Gasteiger partial charge in [-0.25, -0.2) is 0 Å². The Labute approximate surface area is 213 Å². The molecule has 9 nitrogen and oxygen atoms in total. The van der Waals surface area contributed by atoms with Crippen molar-refractivity contribution in [3.05, 3.63) is 111 Å². The van der Waals surface area contributed by atoms with Gasteiger partial charge >= 0.3 is 0 Å². The number of benzene rings is 3. The minimum Gasteiger partial charge on any atom is -0.507 e. The molecule has 1 heterocycles. The fourth-order valence-electron chi connectivity index (χ4n) is 4.25. The van der Waals surface area contributed by atoms with E-state index in [1.807, 2.05) is 30.3 Å². The lowest BCUT2D eigenvalue weighted by Crippen LogP contribution is -2.31. The molecule has 1 unspecified atom stereocenters. The maximum absolute atomic E-state index is 13.1. The number of nitro benzene ring substituents is 1. The first-order valence-electron chi connectivity index (χ1n) is 11.7. The lowest BCUT2D eigenvalue weighted by molar-refractivity contribution is -0.384. The molecular formula is C28H26N2O7. The number of rotatable bonds is 10. The second-order valence-electron chi connectivity index (χ2n) is 8.49. The molecule has 9 heteroatoms. The Morgan fingerprint density at radius 3 is 2.43 bits per heavy atom. The average molecular weight is 503 g/mol. The fourth-order valence-corrected chi connectivity index (χ4v) is 4.25. The summed E-state index contributed by atoms with van der Waals surface area (Å²) < 4.78 is 11.1. The second kappa shape index (κ2) is 11.5. The van der Waals surface area contributed by atoms with Gasteiger partial charge in [0.25, 0.3) is 17.4 Å². The Morgan fingerprint density at radius 2 is 1.76 bits per heavy atom. The van der Waals surface area contributed by atoms with E-state index in [1.54, 1.807) is 31.4 Å². The largest absolute Gasteiger partial charge is 0.507 e. The number of nitrogens with zero attached hydrogens (tertiary/aromatic N) is 2. The van der Waals surface area contributed by atoms with Gasteiger partial charge in [0.2, 0.25) is 0 Å². The number of Topliss-reactive ketones (excluding diaryl/α,β-unsaturated/α-hetero) is 1. The molecule has 190 valence electrons. The number of hydrogen-bond donors (Lipinski definition) is 1. The lowest BCUT2D eigenvalue weighted by Gasteiger charge is -2.25.